The summed E-state index contributed by atoms with van der Waals surface area (Å²) in [6.07, 6.45) is 4.49. The van der Waals surface area contributed by atoms with E-state index in [1.165, 1.54) is 0 Å². The largest absolute Gasteiger partial charge is 0.449 e. The van der Waals surface area contributed by atoms with Crippen LogP contribution in [0.3, 0.4) is 0 Å². The van der Waals surface area contributed by atoms with Gasteiger partial charge in [0.05, 0.1) is 45.1 Å². The zero-order chi connectivity index (χ0) is 17.4. The Hall–Kier alpha value is -1.63. The molecule has 0 spiro atoms. The molecule has 0 aliphatic rings. The van der Waals surface area contributed by atoms with Crippen molar-refractivity contribution in [3.8, 4) is 0 Å². The average molecular weight is 327 g/mol. The second-order valence-corrected chi connectivity index (χ2v) is 5.02. The summed E-state index contributed by atoms with van der Waals surface area (Å²) >= 11 is 0. The highest BCUT2D eigenvalue weighted by Gasteiger charge is 2.33. The summed E-state index contributed by atoms with van der Waals surface area (Å²) in [5.74, 6) is 0. The molecule has 0 aliphatic heterocycles. The minimum absolute atomic E-state index is 0.115. The molecule has 6 heteroatoms. The van der Waals surface area contributed by atoms with Gasteiger partial charge in [-0.1, -0.05) is 18.2 Å². The standard InChI is InChI=1S/C17H29NO5/c1-5-9-20-12-17(13-21-10-6-2,14-22-11-7-3)15-23-16(19)18-8-4/h5-7H,1-3,8-15H2,4H3,(H,18,19). The van der Waals surface area contributed by atoms with Gasteiger partial charge < -0.3 is 24.3 Å². The van der Waals surface area contributed by atoms with Crippen LogP contribution in [0, 0.1) is 5.41 Å². The quantitative estimate of drug-likeness (QED) is 0.369. The van der Waals surface area contributed by atoms with Gasteiger partial charge in [0, 0.05) is 6.54 Å². The van der Waals surface area contributed by atoms with E-state index in [4.69, 9.17) is 18.9 Å². The molecule has 6 nitrogen and oxygen atoms in total. The first kappa shape index (κ1) is 21.4. The normalized spacial score (nSPS) is 10.8. The van der Waals surface area contributed by atoms with Crippen LogP contribution < -0.4 is 5.32 Å². The number of hydrogen-bond acceptors (Lipinski definition) is 5. The van der Waals surface area contributed by atoms with Crippen molar-refractivity contribution >= 4 is 6.09 Å². The number of nitrogens with one attached hydrogen (secondary N) is 1. The van der Waals surface area contributed by atoms with Crippen molar-refractivity contribution in [2.24, 2.45) is 5.41 Å². The molecule has 0 aromatic rings. The van der Waals surface area contributed by atoms with Crippen LogP contribution in [0.5, 0.6) is 0 Å². The summed E-state index contributed by atoms with van der Waals surface area (Å²) in [5, 5.41) is 2.59. The van der Waals surface area contributed by atoms with E-state index in [2.05, 4.69) is 25.1 Å². The second-order valence-electron chi connectivity index (χ2n) is 5.02. The van der Waals surface area contributed by atoms with Crippen molar-refractivity contribution in [3.63, 3.8) is 0 Å². The number of amides is 1. The zero-order valence-electron chi connectivity index (χ0n) is 14.1. The van der Waals surface area contributed by atoms with Gasteiger partial charge in [0.25, 0.3) is 0 Å². The monoisotopic (exact) mass is 327 g/mol. The minimum Gasteiger partial charge on any atom is -0.449 e. The highest BCUT2D eigenvalue weighted by atomic mass is 16.6. The highest BCUT2D eigenvalue weighted by molar-refractivity contribution is 5.67. The number of ether oxygens (including phenoxy) is 4. The van der Waals surface area contributed by atoms with Crippen molar-refractivity contribution in [1.82, 2.24) is 5.32 Å². The van der Waals surface area contributed by atoms with Gasteiger partial charge in [-0.25, -0.2) is 4.79 Å². The van der Waals surface area contributed by atoms with Crippen LogP contribution in [-0.2, 0) is 18.9 Å². The Bertz CT molecular complexity index is 321. The molecule has 0 heterocycles. The van der Waals surface area contributed by atoms with Gasteiger partial charge in [0.2, 0.25) is 0 Å². The van der Waals surface area contributed by atoms with Crippen molar-refractivity contribution in [3.05, 3.63) is 38.0 Å². The lowest BCUT2D eigenvalue weighted by Crippen LogP contribution is -2.43. The molecule has 0 radical (unpaired) electrons. The van der Waals surface area contributed by atoms with E-state index in [0.717, 1.165) is 0 Å². The fourth-order valence-corrected chi connectivity index (χ4v) is 1.74. The maximum Gasteiger partial charge on any atom is 0.407 e. The first-order valence-corrected chi connectivity index (χ1v) is 7.60. The summed E-state index contributed by atoms with van der Waals surface area (Å²) < 4.78 is 22.0. The Morgan fingerprint density at radius 1 is 0.913 bits per heavy atom. The molecule has 132 valence electrons. The van der Waals surface area contributed by atoms with Crippen LogP contribution in [0.25, 0.3) is 0 Å². The molecule has 1 amide bonds. The Kier molecular flexibility index (Phi) is 13.0. The maximum atomic E-state index is 11.6. The topological polar surface area (TPSA) is 66.0 Å². The maximum absolute atomic E-state index is 11.6. The highest BCUT2D eigenvalue weighted by Crippen LogP contribution is 2.21. The lowest BCUT2D eigenvalue weighted by Gasteiger charge is -2.32. The van der Waals surface area contributed by atoms with Gasteiger partial charge >= 0.3 is 6.09 Å². The second kappa shape index (κ2) is 14.0. The summed E-state index contributed by atoms with van der Waals surface area (Å²) in [6, 6.07) is 0. The predicted octanol–water partition coefficient (Wildman–Crippen LogP) is 2.33. The van der Waals surface area contributed by atoms with Gasteiger partial charge in [0.1, 0.15) is 6.61 Å². The average Bonchev–Trinajstić information content (AvgIpc) is 2.54. The molecule has 0 saturated heterocycles. The third-order valence-electron chi connectivity index (χ3n) is 2.76. The number of carbonyl (C=O) groups is 1. The molecule has 0 atom stereocenters. The van der Waals surface area contributed by atoms with Crippen LogP contribution in [0.2, 0.25) is 0 Å². The lowest BCUT2D eigenvalue weighted by atomic mass is 9.92. The molecular formula is C17H29NO5. The van der Waals surface area contributed by atoms with E-state index in [1.807, 2.05) is 6.92 Å². The van der Waals surface area contributed by atoms with E-state index in [9.17, 15) is 4.79 Å². The number of alkyl carbamates (subject to hydrolysis) is 1. The fourth-order valence-electron chi connectivity index (χ4n) is 1.74. The van der Waals surface area contributed by atoms with Gasteiger partial charge in [-0.05, 0) is 6.92 Å². The van der Waals surface area contributed by atoms with Crippen LogP contribution in [-0.4, -0.2) is 58.9 Å². The Morgan fingerprint density at radius 3 is 1.70 bits per heavy atom. The molecular weight excluding hydrogens is 298 g/mol. The van der Waals surface area contributed by atoms with Crippen molar-refractivity contribution in [1.29, 1.82) is 0 Å². The molecule has 0 aliphatic carbocycles. The predicted molar refractivity (Wildman–Crippen MR) is 90.5 cm³/mol. The molecule has 0 aromatic heterocycles. The van der Waals surface area contributed by atoms with Crippen molar-refractivity contribution in [2.75, 3.05) is 52.8 Å². The minimum atomic E-state index is -0.611. The number of carbonyl (C=O) groups excluding carboxylic acids is 1. The van der Waals surface area contributed by atoms with Crippen LogP contribution in [0.1, 0.15) is 6.92 Å². The molecule has 0 fully saturated rings. The van der Waals surface area contributed by atoms with Gasteiger partial charge in [-0.15, -0.1) is 19.7 Å². The van der Waals surface area contributed by atoms with Crippen molar-refractivity contribution < 1.29 is 23.7 Å². The molecule has 23 heavy (non-hydrogen) atoms. The summed E-state index contributed by atoms with van der Waals surface area (Å²) in [4.78, 5) is 11.6. The first-order valence-electron chi connectivity index (χ1n) is 7.60. The van der Waals surface area contributed by atoms with Crippen LogP contribution >= 0.6 is 0 Å². The van der Waals surface area contributed by atoms with Crippen LogP contribution in [0.4, 0.5) is 4.79 Å². The summed E-state index contributed by atoms with van der Waals surface area (Å²) in [6.45, 7) is 15.4. The van der Waals surface area contributed by atoms with Gasteiger partial charge in [-0.3, -0.25) is 0 Å². The van der Waals surface area contributed by atoms with E-state index >= 15 is 0 Å². The SMILES string of the molecule is C=CCOCC(COCC=C)(COCC=C)COC(=O)NCC. The molecule has 0 unspecified atom stereocenters. The Morgan fingerprint density at radius 2 is 1.35 bits per heavy atom. The molecule has 0 rings (SSSR count). The number of hydrogen-bond donors (Lipinski definition) is 1. The van der Waals surface area contributed by atoms with Gasteiger partial charge in [0.15, 0.2) is 0 Å². The van der Waals surface area contributed by atoms with E-state index < -0.39 is 11.5 Å². The summed E-state index contributed by atoms with van der Waals surface area (Å²) in [7, 11) is 0. The molecule has 0 saturated carbocycles. The van der Waals surface area contributed by atoms with E-state index in [1.54, 1.807) is 18.2 Å². The number of rotatable bonds is 15. The Balaban J connectivity index is 4.83. The zero-order valence-corrected chi connectivity index (χ0v) is 14.1. The van der Waals surface area contributed by atoms with E-state index in [-0.39, 0.29) is 6.61 Å². The molecule has 0 bridgehead atoms. The first-order chi connectivity index (χ1) is 11.1. The third-order valence-corrected chi connectivity index (χ3v) is 2.76. The summed E-state index contributed by atoms with van der Waals surface area (Å²) in [5.41, 5.74) is -0.611. The molecule has 0 aromatic carbocycles. The molecule has 1 N–H and O–H groups in total. The third kappa shape index (κ3) is 10.7. The smallest absolute Gasteiger partial charge is 0.407 e. The van der Waals surface area contributed by atoms with E-state index in [0.29, 0.717) is 46.2 Å². The van der Waals surface area contributed by atoms with Gasteiger partial charge in [-0.2, -0.15) is 0 Å². The van der Waals surface area contributed by atoms with Crippen LogP contribution in [0.15, 0.2) is 38.0 Å². The lowest BCUT2D eigenvalue weighted by molar-refractivity contribution is -0.0839. The Labute approximate surface area is 139 Å². The van der Waals surface area contributed by atoms with Crippen molar-refractivity contribution in [2.45, 2.75) is 6.92 Å². The fraction of sp³-hybridized carbons (Fsp3) is 0.588.